The SMILES string of the molecule is C=C[C@@]1(OC(=O)c2ccccc2)C(OC(=O)c2ccccc2)[C@@H](COC(=O)c2ccccc2)O[C@@H]1OC(=O)c1ccccc1. The predicted molar refractivity (Wildman–Crippen MR) is 158 cm³/mol. The zero-order valence-corrected chi connectivity index (χ0v) is 23.4. The van der Waals surface area contributed by atoms with E-state index >= 15 is 0 Å². The van der Waals surface area contributed by atoms with E-state index in [0.717, 1.165) is 0 Å². The maximum absolute atomic E-state index is 13.4. The Hall–Kier alpha value is -5.54. The van der Waals surface area contributed by atoms with Gasteiger partial charge in [-0.3, -0.25) is 0 Å². The topological polar surface area (TPSA) is 114 Å². The molecule has 44 heavy (non-hydrogen) atoms. The number of rotatable bonds is 10. The van der Waals surface area contributed by atoms with Crippen molar-refractivity contribution in [2.24, 2.45) is 0 Å². The lowest BCUT2D eigenvalue weighted by Gasteiger charge is -2.34. The smallest absolute Gasteiger partial charge is 0.340 e. The molecule has 0 amide bonds. The van der Waals surface area contributed by atoms with Crippen molar-refractivity contribution in [2.45, 2.75) is 24.1 Å². The number of ether oxygens (including phenoxy) is 5. The molecule has 4 aromatic rings. The van der Waals surface area contributed by atoms with Crippen LogP contribution in [0.2, 0.25) is 0 Å². The quantitative estimate of drug-likeness (QED) is 0.135. The average Bonchev–Trinajstić information content (AvgIpc) is 3.35. The number of hydrogen-bond acceptors (Lipinski definition) is 9. The minimum absolute atomic E-state index is 0.175. The zero-order chi connectivity index (χ0) is 30.9. The molecule has 1 saturated heterocycles. The largest absolute Gasteiger partial charge is 0.459 e. The van der Waals surface area contributed by atoms with Gasteiger partial charge in [-0.05, 0) is 54.6 Å². The van der Waals surface area contributed by atoms with Gasteiger partial charge in [-0.15, -0.1) is 0 Å². The highest BCUT2D eigenvalue weighted by molar-refractivity contribution is 5.92. The normalized spacial score (nSPS) is 20.6. The van der Waals surface area contributed by atoms with Gasteiger partial charge in [0.05, 0.1) is 22.3 Å². The molecule has 1 aliphatic rings. The van der Waals surface area contributed by atoms with E-state index < -0.39 is 54.6 Å². The highest BCUT2D eigenvalue weighted by atomic mass is 16.8. The minimum atomic E-state index is -2.05. The van der Waals surface area contributed by atoms with E-state index in [1.165, 1.54) is 30.3 Å². The van der Waals surface area contributed by atoms with Crippen LogP contribution in [0.3, 0.4) is 0 Å². The molecule has 0 N–H and O–H groups in total. The van der Waals surface area contributed by atoms with Crippen LogP contribution in [0.1, 0.15) is 41.4 Å². The third-order valence-electron chi connectivity index (χ3n) is 6.90. The van der Waals surface area contributed by atoms with Crippen molar-refractivity contribution in [2.75, 3.05) is 6.61 Å². The molecule has 4 atom stereocenters. The van der Waals surface area contributed by atoms with Crippen LogP contribution in [-0.4, -0.2) is 54.6 Å². The molecule has 1 heterocycles. The van der Waals surface area contributed by atoms with Gasteiger partial charge >= 0.3 is 23.9 Å². The van der Waals surface area contributed by atoms with Crippen molar-refractivity contribution < 1.29 is 42.9 Å². The van der Waals surface area contributed by atoms with Crippen LogP contribution >= 0.6 is 0 Å². The van der Waals surface area contributed by atoms with E-state index in [1.807, 2.05) is 0 Å². The third-order valence-corrected chi connectivity index (χ3v) is 6.90. The van der Waals surface area contributed by atoms with Crippen LogP contribution in [-0.2, 0) is 23.7 Å². The maximum atomic E-state index is 13.4. The second-order valence-electron chi connectivity index (χ2n) is 9.75. The monoisotopic (exact) mass is 592 g/mol. The molecule has 0 aliphatic carbocycles. The summed E-state index contributed by atoms with van der Waals surface area (Å²) in [5.41, 5.74) is -1.20. The van der Waals surface area contributed by atoms with Crippen LogP contribution in [0.4, 0.5) is 0 Å². The van der Waals surface area contributed by atoms with Crippen molar-refractivity contribution in [1.82, 2.24) is 0 Å². The molecule has 222 valence electrons. The van der Waals surface area contributed by atoms with Gasteiger partial charge in [0, 0.05) is 0 Å². The van der Waals surface area contributed by atoms with Crippen LogP contribution in [0, 0.1) is 0 Å². The molecule has 9 heteroatoms. The molecule has 5 rings (SSSR count). The number of hydrogen-bond donors (Lipinski definition) is 0. The fourth-order valence-electron chi connectivity index (χ4n) is 4.64. The highest BCUT2D eigenvalue weighted by Crippen LogP contribution is 2.40. The van der Waals surface area contributed by atoms with Gasteiger partial charge in [-0.25, -0.2) is 19.2 Å². The van der Waals surface area contributed by atoms with Crippen molar-refractivity contribution >= 4 is 23.9 Å². The minimum Gasteiger partial charge on any atom is -0.459 e. The Kier molecular flexibility index (Phi) is 9.27. The summed E-state index contributed by atoms with van der Waals surface area (Å²) >= 11 is 0. The van der Waals surface area contributed by atoms with E-state index in [1.54, 1.807) is 97.1 Å². The first-order valence-corrected chi connectivity index (χ1v) is 13.7. The average molecular weight is 593 g/mol. The first-order valence-electron chi connectivity index (χ1n) is 13.7. The van der Waals surface area contributed by atoms with Crippen LogP contribution in [0.5, 0.6) is 0 Å². The van der Waals surface area contributed by atoms with Crippen molar-refractivity contribution in [1.29, 1.82) is 0 Å². The molecule has 0 bridgehead atoms. The van der Waals surface area contributed by atoms with E-state index in [-0.39, 0.29) is 22.3 Å². The molecule has 1 unspecified atom stereocenters. The fourth-order valence-corrected chi connectivity index (χ4v) is 4.64. The van der Waals surface area contributed by atoms with Crippen LogP contribution < -0.4 is 0 Å². The van der Waals surface area contributed by atoms with Gasteiger partial charge in [-0.1, -0.05) is 79.4 Å². The first kappa shape index (κ1) is 29.9. The van der Waals surface area contributed by atoms with Gasteiger partial charge < -0.3 is 23.7 Å². The summed E-state index contributed by atoms with van der Waals surface area (Å²) in [6.45, 7) is 3.41. The van der Waals surface area contributed by atoms with E-state index in [2.05, 4.69) is 6.58 Å². The summed E-state index contributed by atoms with van der Waals surface area (Å²) in [7, 11) is 0. The molecule has 0 aromatic heterocycles. The second kappa shape index (κ2) is 13.6. The summed E-state index contributed by atoms with van der Waals surface area (Å²) in [6.07, 6.45) is -3.16. The number of carbonyl (C=O) groups excluding carboxylic acids is 4. The third kappa shape index (κ3) is 6.58. The Balaban J connectivity index is 1.52. The Morgan fingerprint density at radius 3 is 1.48 bits per heavy atom. The summed E-state index contributed by atoms with van der Waals surface area (Å²) in [4.78, 5) is 52.8. The molecule has 0 spiro atoms. The highest BCUT2D eigenvalue weighted by Gasteiger charge is 2.63. The molecule has 9 nitrogen and oxygen atoms in total. The van der Waals surface area contributed by atoms with Crippen LogP contribution in [0.25, 0.3) is 0 Å². The first-order chi connectivity index (χ1) is 21.4. The van der Waals surface area contributed by atoms with Gasteiger partial charge in [0.15, 0.2) is 6.10 Å². The van der Waals surface area contributed by atoms with Crippen molar-refractivity contribution in [3.05, 3.63) is 156 Å². The van der Waals surface area contributed by atoms with Gasteiger partial charge in [-0.2, -0.15) is 0 Å². The maximum Gasteiger partial charge on any atom is 0.340 e. The second-order valence-corrected chi connectivity index (χ2v) is 9.75. The summed E-state index contributed by atoms with van der Waals surface area (Å²) in [5.74, 6) is -3.07. The van der Waals surface area contributed by atoms with Gasteiger partial charge in [0.1, 0.15) is 12.7 Å². The lowest BCUT2D eigenvalue weighted by Crippen LogP contribution is -2.53. The molecule has 0 saturated carbocycles. The van der Waals surface area contributed by atoms with Crippen molar-refractivity contribution in [3.8, 4) is 0 Å². The molecular formula is C35H28O9. The van der Waals surface area contributed by atoms with Gasteiger partial charge in [0.25, 0.3) is 6.29 Å². The summed E-state index contributed by atoms with van der Waals surface area (Å²) < 4.78 is 29.2. The Bertz CT molecular complexity index is 1610. The number of benzene rings is 4. The van der Waals surface area contributed by atoms with Gasteiger partial charge in [0.2, 0.25) is 5.60 Å². The molecule has 1 aliphatic heterocycles. The van der Waals surface area contributed by atoms with E-state index in [4.69, 9.17) is 23.7 Å². The zero-order valence-electron chi connectivity index (χ0n) is 23.4. The van der Waals surface area contributed by atoms with Crippen LogP contribution in [0.15, 0.2) is 134 Å². The number of esters is 4. The molecular weight excluding hydrogens is 564 g/mol. The van der Waals surface area contributed by atoms with E-state index in [9.17, 15) is 19.2 Å². The predicted octanol–water partition coefficient (Wildman–Crippen LogP) is 5.43. The number of carbonyl (C=O) groups is 4. The fraction of sp³-hybridized carbons (Fsp3) is 0.143. The lowest BCUT2D eigenvalue weighted by atomic mass is 9.94. The Labute approximate surface area is 253 Å². The lowest BCUT2D eigenvalue weighted by molar-refractivity contribution is -0.164. The standard InChI is InChI=1S/C35H28O9/c1-2-35(44-33(39)27-21-13-6-14-22-27)29(42-31(37)25-17-9-4-10-18-25)28(23-40-30(36)24-15-7-3-8-16-24)41-34(35)43-32(38)26-19-11-5-12-20-26/h2-22,28-29,34H,1,23H2/t28-,29?,34-,35-/m1/s1. The summed E-state index contributed by atoms with van der Waals surface area (Å²) in [5, 5.41) is 0. The Morgan fingerprint density at radius 2 is 1.02 bits per heavy atom. The summed E-state index contributed by atoms with van der Waals surface area (Å²) in [6, 6.07) is 32.6. The molecule has 1 fully saturated rings. The molecule has 4 aromatic carbocycles. The van der Waals surface area contributed by atoms with Crippen molar-refractivity contribution in [3.63, 3.8) is 0 Å². The van der Waals surface area contributed by atoms with E-state index in [0.29, 0.717) is 0 Å². The Morgan fingerprint density at radius 1 is 0.614 bits per heavy atom. The molecule has 0 radical (unpaired) electrons.